The summed E-state index contributed by atoms with van der Waals surface area (Å²) in [5.41, 5.74) is 2.57. The molecule has 0 saturated carbocycles. The molecule has 1 aromatic carbocycles. The van der Waals surface area contributed by atoms with Gasteiger partial charge < -0.3 is 9.47 Å². The van der Waals surface area contributed by atoms with Crippen LogP contribution in [0.2, 0.25) is 0 Å². The molecule has 0 N–H and O–H groups in total. The van der Waals surface area contributed by atoms with E-state index in [0.717, 1.165) is 19.4 Å². The Morgan fingerprint density at radius 2 is 1.94 bits per heavy atom. The Kier molecular flexibility index (Phi) is 2.54. The predicted molar refractivity (Wildman–Crippen MR) is 62.2 cm³/mol. The molecule has 2 heteroatoms. The lowest BCUT2D eigenvalue weighted by Gasteiger charge is -1.98. The molecule has 3 rings (SSSR count). The molecule has 3 atom stereocenters. The molecule has 2 fully saturated rings. The van der Waals surface area contributed by atoms with Crippen LogP contribution in [0.4, 0.5) is 0 Å². The standard InChI is InChI=1S/C14H16O2/c1-2-3-4-12-14(16-12)11-7-5-10(6-8-11)13-9-15-13/h2,5-8,12-14H,1,3-4,9H2. The van der Waals surface area contributed by atoms with Gasteiger partial charge in [-0.05, 0) is 24.0 Å². The largest absolute Gasteiger partial charge is 0.368 e. The highest BCUT2D eigenvalue weighted by atomic mass is 16.6. The van der Waals surface area contributed by atoms with Crippen LogP contribution >= 0.6 is 0 Å². The number of hydrogen-bond donors (Lipinski definition) is 0. The summed E-state index contributed by atoms with van der Waals surface area (Å²) in [5, 5.41) is 0. The highest BCUT2D eigenvalue weighted by molar-refractivity contribution is 5.29. The first kappa shape index (κ1) is 10.1. The number of rotatable bonds is 5. The Balaban J connectivity index is 1.60. The van der Waals surface area contributed by atoms with Gasteiger partial charge in [-0.15, -0.1) is 6.58 Å². The maximum absolute atomic E-state index is 5.64. The number of benzene rings is 1. The molecule has 0 amide bonds. The van der Waals surface area contributed by atoms with Crippen molar-refractivity contribution in [3.05, 3.63) is 48.0 Å². The van der Waals surface area contributed by atoms with Crippen molar-refractivity contribution in [3.63, 3.8) is 0 Å². The Bertz CT molecular complexity index is 378. The van der Waals surface area contributed by atoms with Gasteiger partial charge >= 0.3 is 0 Å². The Morgan fingerprint density at radius 3 is 2.56 bits per heavy atom. The van der Waals surface area contributed by atoms with E-state index < -0.39 is 0 Å². The molecule has 2 saturated heterocycles. The van der Waals surface area contributed by atoms with Gasteiger partial charge in [0.05, 0.1) is 12.7 Å². The number of ether oxygens (including phenoxy) is 2. The van der Waals surface area contributed by atoms with Crippen LogP contribution in [0.25, 0.3) is 0 Å². The summed E-state index contributed by atoms with van der Waals surface area (Å²) in [6.45, 7) is 4.60. The van der Waals surface area contributed by atoms with Crippen molar-refractivity contribution in [3.8, 4) is 0 Å². The van der Waals surface area contributed by atoms with Gasteiger partial charge in [0.2, 0.25) is 0 Å². The molecule has 84 valence electrons. The lowest BCUT2D eigenvalue weighted by atomic mass is 10.0. The van der Waals surface area contributed by atoms with Crippen LogP contribution in [0.15, 0.2) is 36.9 Å². The first-order valence-corrected chi connectivity index (χ1v) is 5.86. The van der Waals surface area contributed by atoms with Crippen molar-refractivity contribution in [1.29, 1.82) is 0 Å². The third-order valence-corrected chi connectivity index (χ3v) is 3.21. The molecule has 3 unspecified atom stereocenters. The van der Waals surface area contributed by atoms with Gasteiger partial charge in [0.25, 0.3) is 0 Å². The Labute approximate surface area is 95.9 Å². The van der Waals surface area contributed by atoms with Gasteiger partial charge in [-0.25, -0.2) is 0 Å². The molecule has 2 aliphatic rings. The van der Waals surface area contributed by atoms with Crippen LogP contribution in [-0.4, -0.2) is 12.7 Å². The maximum Gasteiger partial charge on any atom is 0.109 e. The lowest BCUT2D eigenvalue weighted by molar-refractivity contribution is 0.366. The Hall–Kier alpha value is -1.12. The molecule has 2 aliphatic heterocycles. The second kappa shape index (κ2) is 4.04. The van der Waals surface area contributed by atoms with Crippen molar-refractivity contribution in [2.75, 3.05) is 6.61 Å². The predicted octanol–water partition coefficient (Wildman–Crippen LogP) is 3.16. The van der Waals surface area contributed by atoms with E-state index in [1.54, 1.807) is 0 Å². The summed E-state index contributed by atoms with van der Waals surface area (Å²) in [5.74, 6) is 0. The average molecular weight is 216 g/mol. The second-order valence-electron chi connectivity index (χ2n) is 4.45. The van der Waals surface area contributed by atoms with E-state index in [2.05, 4.69) is 30.8 Å². The fourth-order valence-corrected chi connectivity index (χ4v) is 2.08. The van der Waals surface area contributed by atoms with E-state index in [9.17, 15) is 0 Å². The van der Waals surface area contributed by atoms with Gasteiger partial charge in [0.15, 0.2) is 0 Å². The zero-order valence-electron chi connectivity index (χ0n) is 9.26. The van der Waals surface area contributed by atoms with Crippen LogP contribution in [-0.2, 0) is 9.47 Å². The van der Waals surface area contributed by atoms with Crippen LogP contribution in [0.1, 0.15) is 36.2 Å². The number of allylic oxidation sites excluding steroid dienone is 1. The van der Waals surface area contributed by atoms with E-state index >= 15 is 0 Å². The maximum atomic E-state index is 5.64. The highest BCUT2D eigenvalue weighted by Gasteiger charge is 2.39. The van der Waals surface area contributed by atoms with E-state index in [-0.39, 0.29) is 0 Å². The first-order chi connectivity index (χ1) is 7.88. The van der Waals surface area contributed by atoms with Crippen molar-refractivity contribution in [1.82, 2.24) is 0 Å². The highest BCUT2D eigenvalue weighted by Crippen LogP contribution is 2.42. The molecular formula is C14H16O2. The van der Waals surface area contributed by atoms with Crippen molar-refractivity contribution >= 4 is 0 Å². The molecule has 0 aromatic heterocycles. The quantitative estimate of drug-likeness (QED) is 0.558. The minimum atomic E-state index is 0.314. The second-order valence-corrected chi connectivity index (χ2v) is 4.45. The third-order valence-electron chi connectivity index (χ3n) is 3.21. The minimum Gasteiger partial charge on any atom is -0.368 e. The number of hydrogen-bond acceptors (Lipinski definition) is 2. The van der Waals surface area contributed by atoms with E-state index in [1.807, 2.05) is 6.08 Å². The zero-order valence-corrected chi connectivity index (χ0v) is 9.26. The summed E-state index contributed by atoms with van der Waals surface area (Å²) >= 11 is 0. The topological polar surface area (TPSA) is 25.1 Å². The van der Waals surface area contributed by atoms with Gasteiger partial charge in [-0.1, -0.05) is 30.3 Å². The molecule has 2 nitrogen and oxygen atoms in total. The molecule has 2 heterocycles. The van der Waals surface area contributed by atoms with Crippen LogP contribution in [0, 0.1) is 0 Å². The van der Waals surface area contributed by atoms with E-state index in [0.29, 0.717) is 18.3 Å². The summed E-state index contributed by atoms with van der Waals surface area (Å²) in [4.78, 5) is 0. The zero-order chi connectivity index (χ0) is 11.0. The first-order valence-electron chi connectivity index (χ1n) is 5.86. The number of epoxide rings is 2. The van der Waals surface area contributed by atoms with Crippen LogP contribution in [0.5, 0.6) is 0 Å². The van der Waals surface area contributed by atoms with Crippen molar-refractivity contribution in [2.45, 2.75) is 31.2 Å². The molecule has 16 heavy (non-hydrogen) atoms. The Morgan fingerprint density at radius 1 is 1.25 bits per heavy atom. The fourth-order valence-electron chi connectivity index (χ4n) is 2.08. The molecule has 0 aliphatic carbocycles. The summed E-state index contributed by atoms with van der Waals surface area (Å²) in [6, 6.07) is 8.63. The van der Waals surface area contributed by atoms with Crippen LogP contribution in [0.3, 0.4) is 0 Å². The van der Waals surface area contributed by atoms with Gasteiger partial charge in [-0.3, -0.25) is 0 Å². The SMILES string of the molecule is C=CCCC1OC1c1ccc(C2CO2)cc1. The fraction of sp³-hybridized carbons (Fsp3) is 0.429. The van der Waals surface area contributed by atoms with Crippen molar-refractivity contribution < 1.29 is 9.47 Å². The molecule has 0 bridgehead atoms. The van der Waals surface area contributed by atoms with Crippen molar-refractivity contribution in [2.24, 2.45) is 0 Å². The average Bonchev–Trinajstić information content (AvgIpc) is 3.19. The molecular weight excluding hydrogens is 200 g/mol. The molecule has 1 aromatic rings. The van der Waals surface area contributed by atoms with Gasteiger partial charge in [-0.2, -0.15) is 0 Å². The summed E-state index contributed by atoms with van der Waals surface area (Å²) < 4.78 is 10.9. The van der Waals surface area contributed by atoms with Gasteiger partial charge in [0.1, 0.15) is 12.2 Å². The smallest absolute Gasteiger partial charge is 0.109 e. The summed E-state index contributed by atoms with van der Waals surface area (Å²) in [7, 11) is 0. The van der Waals surface area contributed by atoms with E-state index in [4.69, 9.17) is 9.47 Å². The van der Waals surface area contributed by atoms with Crippen LogP contribution < -0.4 is 0 Å². The van der Waals surface area contributed by atoms with Gasteiger partial charge in [0, 0.05) is 0 Å². The third kappa shape index (κ3) is 2.04. The molecule has 0 spiro atoms. The molecule has 0 radical (unpaired) electrons. The lowest BCUT2D eigenvalue weighted by Crippen LogP contribution is -1.89. The van der Waals surface area contributed by atoms with E-state index in [1.165, 1.54) is 11.1 Å². The normalized spacial score (nSPS) is 31.1. The monoisotopic (exact) mass is 216 g/mol. The summed E-state index contributed by atoms with van der Waals surface area (Å²) in [6.07, 6.45) is 5.14. The minimum absolute atomic E-state index is 0.314.